The van der Waals surface area contributed by atoms with Gasteiger partial charge in [0.05, 0.1) is 25.9 Å². The molecule has 0 spiro atoms. The van der Waals surface area contributed by atoms with Crippen molar-refractivity contribution in [2.75, 3.05) is 19.5 Å². The van der Waals surface area contributed by atoms with Crippen molar-refractivity contribution in [3.8, 4) is 17.2 Å². The summed E-state index contributed by atoms with van der Waals surface area (Å²) >= 11 is 0. The summed E-state index contributed by atoms with van der Waals surface area (Å²) in [5.74, 6) is 1.35. The molecule has 10 heteroatoms. The lowest BCUT2D eigenvalue weighted by molar-refractivity contribution is -0.117. The number of hydrazine groups is 1. The van der Waals surface area contributed by atoms with Crippen LogP contribution in [0.3, 0.4) is 0 Å². The highest BCUT2D eigenvalue weighted by atomic mass is 16.5. The summed E-state index contributed by atoms with van der Waals surface area (Å²) in [6, 6.07) is 12.4. The Hall–Kier alpha value is -3.50. The van der Waals surface area contributed by atoms with Crippen LogP contribution in [0.25, 0.3) is 5.69 Å². The molecule has 150 valence electrons. The molecule has 0 aliphatic carbocycles. The van der Waals surface area contributed by atoms with E-state index >= 15 is 0 Å². The molecule has 1 aliphatic heterocycles. The zero-order chi connectivity index (χ0) is 20.2. The maximum atomic E-state index is 12.7. The van der Waals surface area contributed by atoms with Crippen molar-refractivity contribution < 1.29 is 14.3 Å². The number of amides is 1. The Balaban J connectivity index is 1.41. The number of aromatic nitrogens is 4. The van der Waals surface area contributed by atoms with Crippen molar-refractivity contribution in [3.63, 3.8) is 0 Å². The molecule has 0 bridgehead atoms. The van der Waals surface area contributed by atoms with E-state index in [2.05, 4.69) is 31.7 Å². The van der Waals surface area contributed by atoms with Crippen LogP contribution in [0.2, 0.25) is 0 Å². The van der Waals surface area contributed by atoms with E-state index in [9.17, 15) is 4.79 Å². The summed E-state index contributed by atoms with van der Waals surface area (Å²) in [7, 11) is 3.24. The molecule has 0 radical (unpaired) electrons. The molecule has 29 heavy (non-hydrogen) atoms. The molecule has 3 aromatic rings. The average molecular weight is 395 g/mol. The van der Waals surface area contributed by atoms with Gasteiger partial charge in [-0.25, -0.2) is 15.5 Å². The van der Waals surface area contributed by atoms with Crippen LogP contribution in [0.1, 0.15) is 18.0 Å². The number of hydrogen-bond donors (Lipinski definition) is 3. The monoisotopic (exact) mass is 395 g/mol. The molecule has 2 aromatic carbocycles. The van der Waals surface area contributed by atoms with E-state index < -0.39 is 6.04 Å². The summed E-state index contributed by atoms with van der Waals surface area (Å²) in [6.45, 7) is 0. The van der Waals surface area contributed by atoms with Crippen molar-refractivity contribution in [2.45, 2.75) is 18.5 Å². The van der Waals surface area contributed by atoms with Gasteiger partial charge in [-0.1, -0.05) is 0 Å². The molecule has 3 N–H and O–H groups in total. The van der Waals surface area contributed by atoms with Crippen molar-refractivity contribution in [2.24, 2.45) is 0 Å². The summed E-state index contributed by atoms with van der Waals surface area (Å²) in [5.41, 5.74) is 8.66. The van der Waals surface area contributed by atoms with Crippen LogP contribution in [-0.4, -0.2) is 46.4 Å². The number of carbonyl (C=O) groups is 1. The van der Waals surface area contributed by atoms with E-state index in [0.29, 0.717) is 12.1 Å². The number of carbonyl (C=O) groups excluding carboxylic acids is 1. The molecule has 2 unspecified atom stereocenters. The van der Waals surface area contributed by atoms with Gasteiger partial charge >= 0.3 is 0 Å². The van der Waals surface area contributed by atoms with Crippen molar-refractivity contribution in [3.05, 3.63) is 54.4 Å². The molecule has 4 rings (SSSR count). The number of anilines is 1. The average Bonchev–Trinajstić information content (AvgIpc) is 3.46. The molecule has 1 aromatic heterocycles. The Kier molecular flexibility index (Phi) is 5.36. The van der Waals surface area contributed by atoms with Crippen LogP contribution in [0, 0.1) is 0 Å². The summed E-state index contributed by atoms with van der Waals surface area (Å²) in [6.07, 6.45) is 2.08. The predicted molar refractivity (Wildman–Crippen MR) is 105 cm³/mol. The van der Waals surface area contributed by atoms with Gasteiger partial charge in [0.15, 0.2) is 0 Å². The third-order valence-corrected chi connectivity index (χ3v) is 4.78. The maximum Gasteiger partial charge on any atom is 0.242 e. The van der Waals surface area contributed by atoms with Gasteiger partial charge in [-0.3, -0.25) is 4.79 Å². The molecular formula is C19H21N7O3. The van der Waals surface area contributed by atoms with E-state index in [1.165, 1.54) is 6.33 Å². The second kappa shape index (κ2) is 8.25. The minimum atomic E-state index is -0.393. The molecule has 1 fully saturated rings. The van der Waals surface area contributed by atoms with E-state index in [1.54, 1.807) is 31.0 Å². The van der Waals surface area contributed by atoms with Crippen LogP contribution >= 0.6 is 0 Å². The first-order valence-electron chi connectivity index (χ1n) is 9.05. The zero-order valence-corrected chi connectivity index (χ0v) is 16.0. The minimum Gasteiger partial charge on any atom is -0.497 e. The van der Waals surface area contributed by atoms with Crippen molar-refractivity contribution in [1.82, 2.24) is 31.1 Å². The second-order valence-electron chi connectivity index (χ2n) is 6.53. The Morgan fingerprint density at radius 3 is 2.66 bits per heavy atom. The fourth-order valence-corrected chi connectivity index (χ4v) is 3.25. The molecule has 1 amide bonds. The van der Waals surface area contributed by atoms with Crippen molar-refractivity contribution in [1.29, 1.82) is 0 Å². The van der Waals surface area contributed by atoms with Gasteiger partial charge in [0.2, 0.25) is 5.91 Å². The number of rotatable bonds is 6. The lowest BCUT2D eigenvalue weighted by Gasteiger charge is -2.15. The molecule has 10 nitrogen and oxygen atoms in total. The quantitative estimate of drug-likeness (QED) is 0.571. The molecule has 2 heterocycles. The number of hydrogen-bond acceptors (Lipinski definition) is 8. The largest absolute Gasteiger partial charge is 0.497 e. The Labute approximate surface area is 167 Å². The second-order valence-corrected chi connectivity index (χ2v) is 6.53. The topological polar surface area (TPSA) is 115 Å². The van der Waals surface area contributed by atoms with Crippen LogP contribution in [-0.2, 0) is 4.79 Å². The predicted octanol–water partition coefficient (Wildman–Crippen LogP) is 1.23. The number of ether oxygens (including phenoxy) is 2. The van der Waals surface area contributed by atoms with Crippen LogP contribution in [0.15, 0.2) is 48.8 Å². The van der Waals surface area contributed by atoms with E-state index in [1.807, 2.05) is 30.3 Å². The van der Waals surface area contributed by atoms with Gasteiger partial charge in [0, 0.05) is 11.3 Å². The van der Waals surface area contributed by atoms with Crippen molar-refractivity contribution >= 4 is 11.6 Å². The van der Waals surface area contributed by atoms with Crippen LogP contribution < -0.4 is 25.6 Å². The fraction of sp³-hybridized carbons (Fsp3) is 0.263. The van der Waals surface area contributed by atoms with Gasteiger partial charge in [0.25, 0.3) is 0 Å². The highest BCUT2D eigenvalue weighted by molar-refractivity contribution is 5.95. The number of methoxy groups -OCH3 is 2. The first kappa shape index (κ1) is 18.8. The molecule has 1 aliphatic rings. The van der Waals surface area contributed by atoms with Crippen LogP contribution in [0.5, 0.6) is 11.5 Å². The molecule has 2 atom stereocenters. The zero-order valence-electron chi connectivity index (χ0n) is 16.0. The standard InChI is InChI=1S/C19H21N7O3/c1-28-14-7-8-18(29-2)15(9-14)16-10-17(23-22-16)19(27)21-12-3-5-13(6-4-12)26-11-20-24-25-26/h3-9,11,16-17,22-23H,10H2,1-2H3,(H,21,27). The molecular weight excluding hydrogens is 374 g/mol. The third-order valence-electron chi connectivity index (χ3n) is 4.78. The Morgan fingerprint density at radius 1 is 1.14 bits per heavy atom. The van der Waals surface area contributed by atoms with E-state index in [-0.39, 0.29) is 11.9 Å². The Morgan fingerprint density at radius 2 is 1.97 bits per heavy atom. The van der Waals surface area contributed by atoms with Gasteiger partial charge in [-0.15, -0.1) is 5.10 Å². The number of tetrazole rings is 1. The third kappa shape index (κ3) is 4.03. The smallest absolute Gasteiger partial charge is 0.242 e. The van der Waals surface area contributed by atoms with Gasteiger partial charge < -0.3 is 14.8 Å². The van der Waals surface area contributed by atoms with Crippen LogP contribution in [0.4, 0.5) is 5.69 Å². The Bertz CT molecular complexity index is 976. The first-order chi connectivity index (χ1) is 14.2. The summed E-state index contributed by atoms with van der Waals surface area (Å²) < 4.78 is 12.3. The van der Waals surface area contributed by atoms with E-state index in [4.69, 9.17) is 9.47 Å². The van der Waals surface area contributed by atoms with Gasteiger partial charge in [-0.2, -0.15) is 0 Å². The summed E-state index contributed by atoms with van der Waals surface area (Å²) in [4.78, 5) is 12.7. The lowest BCUT2D eigenvalue weighted by Crippen LogP contribution is -2.39. The fourth-order valence-electron chi connectivity index (χ4n) is 3.25. The highest BCUT2D eigenvalue weighted by Crippen LogP contribution is 2.33. The SMILES string of the molecule is COc1ccc(OC)c(C2CC(C(=O)Nc3ccc(-n4cnnn4)cc3)NN2)c1. The number of nitrogens with zero attached hydrogens (tertiary/aromatic N) is 4. The van der Waals surface area contributed by atoms with Gasteiger partial charge in [-0.05, 0) is 59.3 Å². The highest BCUT2D eigenvalue weighted by Gasteiger charge is 2.32. The van der Waals surface area contributed by atoms with E-state index in [0.717, 1.165) is 22.7 Å². The summed E-state index contributed by atoms with van der Waals surface area (Å²) in [5, 5.41) is 14.0. The molecule has 1 saturated heterocycles. The number of benzene rings is 2. The normalized spacial score (nSPS) is 18.4. The maximum absolute atomic E-state index is 12.7. The molecule has 0 saturated carbocycles. The minimum absolute atomic E-state index is 0.0852. The van der Waals surface area contributed by atoms with Gasteiger partial charge in [0.1, 0.15) is 23.9 Å². The first-order valence-corrected chi connectivity index (χ1v) is 9.05. The lowest BCUT2D eigenvalue weighted by atomic mass is 10.0. The number of nitrogens with one attached hydrogen (secondary N) is 3.